The molecule has 0 aliphatic heterocycles. The molecule has 120 valence electrons. The number of nitrogens with zero attached hydrogens (tertiary/aromatic N) is 1. The lowest BCUT2D eigenvalue weighted by Gasteiger charge is -2.10. The van der Waals surface area contributed by atoms with Crippen LogP contribution >= 0.6 is 0 Å². The van der Waals surface area contributed by atoms with Gasteiger partial charge in [-0.05, 0) is 35.9 Å². The van der Waals surface area contributed by atoms with Crippen LogP contribution in [-0.2, 0) is 17.5 Å². The van der Waals surface area contributed by atoms with Crippen molar-refractivity contribution in [1.29, 1.82) is 0 Å². The first kappa shape index (κ1) is 16.5. The molecule has 1 aromatic carbocycles. The van der Waals surface area contributed by atoms with Gasteiger partial charge in [-0.3, -0.25) is 4.79 Å². The molecule has 7 heteroatoms. The van der Waals surface area contributed by atoms with Crippen LogP contribution in [0.2, 0.25) is 0 Å². The largest absolute Gasteiger partial charge is 0.478 e. The van der Waals surface area contributed by atoms with E-state index in [9.17, 15) is 22.8 Å². The van der Waals surface area contributed by atoms with Crippen LogP contribution in [0.5, 0.6) is 0 Å². The molecule has 2 rings (SSSR count). The quantitative estimate of drug-likeness (QED) is 0.880. The third-order valence-corrected chi connectivity index (χ3v) is 3.06. The molecule has 0 saturated carbocycles. The highest BCUT2D eigenvalue weighted by molar-refractivity contribution is 5.85. The van der Waals surface area contributed by atoms with Crippen LogP contribution in [0.4, 0.5) is 13.2 Å². The number of halogens is 3. The third-order valence-electron chi connectivity index (χ3n) is 3.06. The van der Waals surface area contributed by atoms with Gasteiger partial charge in [0.2, 0.25) is 0 Å². The van der Waals surface area contributed by atoms with Crippen LogP contribution in [0.3, 0.4) is 0 Å². The first-order valence-electron chi connectivity index (χ1n) is 6.54. The zero-order chi connectivity index (χ0) is 17.0. The Balaban J connectivity index is 2.33. The molecule has 1 N–H and O–H groups in total. The minimum absolute atomic E-state index is 0.0441. The molecule has 0 aliphatic carbocycles. The van der Waals surface area contributed by atoms with E-state index in [0.717, 1.165) is 24.3 Å². The number of carbonyl (C=O) groups is 1. The fourth-order valence-electron chi connectivity index (χ4n) is 2.01. The number of aromatic nitrogens is 1. The van der Waals surface area contributed by atoms with Gasteiger partial charge in [0.25, 0.3) is 5.56 Å². The molecule has 0 amide bonds. The molecule has 4 nitrogen and oxygen atoms in total. The van der Waals surface area contributed by atoms with Gasteiger partial charge in [-0.15, -0.1) is 0 Å². The van der Waals surface area contributed by atoms with Crippen molar-refractivity contribution in [2.24, 2.45) is 0 Å². The molecule has 0 radical (unpaired) electrons. The molecule has 0 atom stereocenters. The number of hydrogen-bond donors (Lipinski definition) is 1. The van der Waals surface area contributed by atoms with Crippen molar-refractivity contribution in [2.75, 3.05) is 0 Å². The van der Waals surface area contributed by atoms with Gasteiger partial charge in [0, 0.05) is 17.8 Å². The Labute approximate surface area is 129 Å². The highest BCUT2D eigenvalue weighted by Gasteiger charge is 2.30. The summed E-state index contributed by atoms with van der Waals surface area (Å²) in [5.74, 6) is -1.20. The number of pyridine rings is 1. The molecule has 0 fully saturated rings. The molecule has 0 unspecified atom stereocenters. The summed E-state index contributed by atoms with van der Waals surface area (Å²) in [4.78, 5) is 22.7. The van der Waals surface area contributed by atoms with Gasteiger partial charge < -0.3 is 9.67 Å². The minimum atomic E-state index is -4.45. The maximum absolute atomic E-state index is 12.7. The number of rotatable bonds is 4. The number of alkyl halides is 3. The molecule has 0 saturated heterocycles. The molecule has 1 aromatic heterocycles. The van der Waals surface area contributed by atoms with Crippen LogP contribution in [0.1, 0.15) is 16.7 Å². The average molecular weight is 323 g/mol. The molecular weight excluding hydrogens is 311 g/mol. The summed E-state index contributed by atoms with van der Waals surface area (Å²) in [5, 5.41) is 8.57. The van der Waals surface area contributed by atoms with Gasteiger partial charge in [-0.1, -0.05) is 12.1 Å². The second-order valence-electron chi connectivity index (χ2n) is 4.77. The Morgan fingerprint density at radius 1 is 1.22 bits per heavy atom. The highest BCUT2D eigenvalue weighted by Crippen LogP contribution is 2.29. The second kappa shape index (κ2) is 6.51. The maximum Gasteiger partial charge on any atom is 0.416 e. The number of benzene rings is 1. The fourth-order valence-corrected chi connectivity index (χ4v) is 2.01. The van der Waals surface area contributed by atoms with E-state index in [-0.39, 0.29) is 12.1 Å². The molecule has 1 heterocycles. The summed E-state index contributed by atoms with van der Waals surface area (Å²) in [6.07, 6.45) is -1.05. The summed E-state index contributed by atoms with van der Waals surface area (Å²) in [7, 11) is 0. The molecular formula is C16H12F3NO3. The number of carboxylic acids is 1. The van der Waals surface area contributed by atoms with Gasteiger partial charge in [0.05, 0.1) is 12.1 Å². The first-order valence-corrected chi connectivity index (χ1v) is 6.54. The normalized spacial score (nSPS) is 11.8. The van der Waals surface area contributed by atoms with E-state index in [1.807, 2.05) is 0 Å². The Kier molecular flexibility index (Phi) is 4.68. The minimum Gasteiger partial charge on any atom is -0.478 e. The first-order chi connectivity index (χ1) is 10.8. The number of hydrogen-bond acceptors (Lipinski definition) is 2. The summed E-state index contributed by atoms with van der Waals surface area (Å²) >= 11 is 0. The van der Waals surface area contributed by atoms with Crippen molar-refractivity contribution in [3.63, 3.8) is 0 Å². The number of carboxylic acid groups (broad SMARTS) is 1. The summed E-state index contributed by atoms with van der Waals surface area (Å²) in [5.41, 5.74) is -0.810. The maximum atomic E-state index is 12.7. The van der Waals surface area contributed by atoms with E-state index in [1.165, 1.54) is 35.0 Å². The van der Waals surface area contributed by atoms with Crippen molar-refractivity contribution in [1.82, 2.24) is 4.57 Å². The van der Waals surface area contributed by atoms with Gasteiger partial charge in [0.1, 0.15) is 0 Å². The Hall–Kier alpha value is -2.83. The van der Waals surface area contributed by atoms with Crippen LogP contribution in [-0.4, -0.2) is 15.6 Å². The standard InChI is InChI=1S/C16H12F3NO3/c17-16(18,19)13-5-1-3-11(9-13)10-20-8-2-4-12(15(20)23)6-7-14(21)22/h1-9H,10H2,(H,21,22)/b7-6+. The van der Waals surface area contributed by atoms with Gasteiger partial charge >= 0.3 is 12.1 Å². The number of aliphatic carboxylic acids is 1. The zero-order valence-corrected chi connectivity index (χ0v) is 11.7. The van der Waals surface area contributed by atoms with Crippen LogP contribution in [0.25, 0.3) is 6.08 Å². The zero-order valence-electron chi connectivity index (χ0n) is 11.7. The van der Waals surface area contributed by atoms with Crippen molar-refractivity contribution in [3.8, 4) is 0 Å². The average Bonchev–Trinajstić information content (AvgIpc) is 2.47. The summed E-state index contributed by atoms with van der Waals surface area (Å²) < 4.78 is 39.3. The van der Waals surface area contributed by atoms with E-state index in [4.69, 9.17) is 5.11 Å². The smallest absolute Gasteiger partial charge is 0.416 e. The van der Waals surface area contributed by atoms with E-state index >= 15 is 0 Å². The Morgan fingerprint density at radius 3 is 2.61 bits per heavy atom. The predicted molar refractivity (Wildman–Crippen MR) is 77.9 cm³/mol. The molecule has 0 bridgehead atoms. The topological polar surface area (TPSA) is 59.3 Å². The van der Waals surface area contributed by atoms with Gasteiger partial charge in [0.15, 0.2) is 0 Å². The van der Waals surface area contributed by atoms with Crippen molar-refractivity contribution < 1.29 is 23.1 Å². The van der Waals surface area contributed by atoms with E-state index in [1.54, 1.807) is 0 Å². The van der Waals surface area contributed by atoms with Crippen molar-refractivity contribution in [2.45, 2.75) is 12.7 Å². The lowest BCUT2D eigenvalue weighted by atomic mass is 10.1. The monoisotopic (exact) mass is 323 g/mol. The molecule has 2 aromatic rings. The van der Waals surface area contributed by atoms with Crippen LogP contribution in [0, 0.1) is 0 Å². The molecule has 0 aliphatic rings. The fraction of sp³-hybridized carbons (Fsp3) is 0.125. The summed E-state index contributed by atoms with van der Waals surface area (Å²) in [6, 6.07) is 7.66. The van der Waals surface area contributed by atoms with E-state index in [2.05, 4.69) is 0 Å². The van der Waals surface area contributed by atoms with Crippen LogP contribution < -0.4 is 5.56 Å². The molecule has 23 heavy (non-hydrogen) atoms. The van der Waals surface area contributed by atoms with Crippen molar-refractivity contribution in [3.05, 3.63) is 75.7 Å². The second-order valence-corrected chi connectivity index (χ2v) is 4.77. The van der Waals surface area contributed by atoms with Crippen LogP contribution in [0.15, 0.2) is 53.5 Å². The Bertz CT molecular complexity index is 807. The Morgan fingerprint density at radius 2 is 1.96 bits per heavy atom. The van der Waals surface area contributed by atoms with Crippen molar-refractivity contribution >= 4 is 12.0 Å². The van der Waals surface area contributed by atoms with Gasteiger partial charge in [-0.2, -0.15) is 13.2 Å². The SMILES string of the molecule is O=C(O)/C=C/c1cccn(Cc2cccc(C(F)(F)F)c2)c1=O. The summed E-state index contributed by atoms with van der Waals surface area (Å²) in [6.45, 7) is -0.0441. The lowest BCUT2D eigenvalue weighted by Crippen LogP contribution is -2.22. The molecule has 0 spiro atoms. The van der Waals surface area contributed by atoms with E-state index < -0.39 is 23.3 Å². The van der Waals surface area contributed by atoms with E-state index in [0.29, 0.717) is 5.56 Å². The van der Waals surface area contributed by atoms with Gasteiger partial charge in [-0.25, -0.2) is 4.79 Å². The third kappa shape index (κ3) is 4.32. The highest BCUT2D eigenvalue weighted by atomic mass is 19.4. The predicted octanol–water partition coefficient (Wildman–Crippen LogP) is 3.01. The lowest BCUT2D eigenvalue weighted by molar-refractivity contribution is -0.137.